The summed E-state index contributed by atoms with van der Waals surface area (Å²) < 4.78 is 0. The van der Waals surface area contributed by atoms with E-state index in [1.54, 1.807) is 0 Å². The van der Waals surface area contributed by atoms with Crippen LogP contribution in [0, 0.1) is 20.4 Å². The van der Waals surface area contributed by atoms with Gasteiger partial charge in [-0.15, -0.1) is 4.91 Å². The van der Waals surface area contributed by atoms with Crippen LogP contribution < -0.4 is 11.1 Å². The molecular formula is C33H44N4O7. The number of aliphatic hydroxyl groups is 2. The first kappa shape index (κ1) is 35.7. The monoisotopic (exact) mass is 608 g/mol. The molecule has 11 heteroatoms. The predicted molar refractivity (Wildman–Crippen MR) is 174 cm³/mol. The number of ketones is 2. The van der Waals surface area contributed by atoms with Gasteiger partial charge < -0.3 is 21.3 Å². The van der Waals surface area contributed by atoms with Crippen molar-refractivity contribution in [3.63, 3.8) is 0 Å². The van der Waals surface area contributed by atoms with Gasteiger partial charge in [0, 0.05) is 24.6 Å². The Labute approximate surface area is 258 Å². The summed E-state index contributed by atoms with van der Waals surface area (Å²) in [6.45, 7) is 11.8. The molecule has 0 atom stereocenters. The van der Waals surface area contributed by atoms with E-state index < -0.39 is 39.0 Å². The lowest BCUT2D eigenvalue weighted by Crippen LogP contribution is -2.40. The summed E-state index contributed by atoms with van der Waals surface area (Å²) in [6, 6.07) is 2.56. The van der Waals surface area contributed by atoms with Crippen LogP contribution in [0.25, 0.3) is 0 Å². The van der Waals surface area contributed by atoms with E-state index >= 15 is 0 Å². The topological polar surface area (TPSA) is 185 Å². The summed E-state index contributed by atoms with van der Waals surface area (Å²) in [7, 11) is 0. The van der Waals surface area contributed by atoms with Gasteiger partial charge in [-0.05, 0) is 84.9 Å². The third-order valence-electron chi connectivity index (χ3n) is 7.51. The average Bonchev–Trinajstić information content (AvgIpc) is 2.94. The lowest BCUT2D eigenvalue weighted by atomic mass is 9.66. The molecule has 0 spiro atoms. The van der Waals surface area contributed by atoms with Gasteiger partial charge in [-0.25, -0.2) is 0 Å². The molecule has 1 aliphatic rings. The van der Waals surface area contributed by atoms with Gasteiger partial charge in [0.1, 0.15) is 17.1 Å². The second-order valence-electron chi connectivity index (χ2n) is 11.8. The van der Waals surface area contributed by atoms with Gasteiger partial charge >= 0.3 is 5.69 Å². The second-order valence-corrected chi connectivity index (χ2v) is 11.8. The Balaban J connectivity index is 2.25. The lowest BCUT2D eigenvalue weighted by Gasteiger charge is -2.36. The minimum atomic E-state index is -1.40. The number of nitro groups is 1. The Morgan fingerprint density at radius 3 is 2.11 bits per heavy atom. The fourth-order valence-corrected chi connectivity index (χ4v) is 4.91. The Hall–Kier alpha value is -4.54. The maximum Gasteiger partial charge on any atom is 0.300 e. The molecule has 2 rings (SSSR count). The van der Waals surface area contributed by atoms with E-state index in [1.807, 2.05) is 59.8 Å². The van der Waals surface area contributed by atoms with Crippen LogP contribution in [0.15, 0.2) is 74.9 Å². The van der Waals surface area contributed by atoms with Gasteiger partial charge in [-0.3, -0.25) is 19.7 Å². The molecule has 0 radical (unpaired) electrons. The van der Waals surface area contributed by atoms with Crippen molar-refractivity contribution in [3.05, 3.63) is 84.8 Å². The standard InChI is InChI=1S/C33H44N4O7/c1-20(2)11-12-23-30(39)27(32(41)33(31(23)40,17-15-21(3)4)18-16-22(5)6)26(38)10-8-7-9-19-35-24-13-14-25(37(43)44)29(36-42)28(24)34/h11,13-16,35,39-40H,7-10,12,17-19,34H2,1-6H3. The quantitative estimate of drug-likeness (QED) is 0.0272. The van der Waals surface area contributed by atoms with E-state index in [9.17, 15) is 34.8 Å². The first-order valence-electron chi connectivity index (χ1n) is 14.7. The van der Waals surface area contributed by atoms with Crippen LogP contribution in [0.4, 0.5) is 22.7 Å². The molecule has 5 N–H and O–H groups in total. The number of nitrogens with one attached hydrogen (secondary N) is 1. The number of nitrogen functional groups attached to an aromatic ring is 1. The van der Waals surface area contributed by atoms with Gasteiger partial charge in [0.2, 0.25) is 5.69 Å². The van der Waals surface area contributed by atoms with E-state index in [4.69, 9.17) is 5.73 Å². The Kier molecular flexibility index (Phi) is 12.8. The highest BCUT2D eigenvalue weighted by atomic mass is 16.6. The third kappa shape index (κ3) is 8.52. The first-order valence-corrected chi connectivity index (χ1v) is 14.7. The number of Topliss-reactive ketones (excluding diaryl/α,β-unsaturated/α-hetero) is 2. The zero-order valence-corrected chi connectivity index (χ0v) is 26.5. The summed E-state index contributed by atoms with van der Waals surface area (Å²) >= 11 is 0. The average molecular weight is 609 g/mol. The molecular weight excluding hydrogens is 564 g/mol. The fourth-order valence-electron chi connectivity index (χ4n) is 4.91. The molecule has 11 nitrogen and oxygen atoms in total. The number of rotatable bonds is 16. The van der Waals surface area contributed by atoms with E-state index in [0.717, 1.165) is 22.8 Å². The number of nitroso groups, excluding NO2 is 1. The molecule has 0 saturated carbocycles. The van der Waals surface area contributed by atoms with Crippen LogP contribution in [0.5, 0.6) is 0 Å². The van der Waals surface area contributed by atoms with Crippen molar-refractivity contribution in [2.45, 2.75) is 86.5 Å². The molecule has 0 aromatic heterocycles. The number of benzene rings is 1. The van der Waals surface area contributed by atoms with Crippen molar-refractivity contribution in [1.29, 1.82) is 0 Å². The Morgan fingerprint density at radius 2 is 1.59 bits per heavy atom. The van der Waals surface area contributed by atoms with Crippen molar-refractivity contribution in [2.75, 3.05) is 17.6 Å². The van der Waals surface area contributed by atoms with Gasteiger partial charge in [-0.1, -0.05) is 41.4 Å². The summed E-state index contributed by atoms with van der Waals surface area (Å²) in [6.07, 6.45) is 7.74. The molecule has 0 heterocycles. The second kappa shape index (κ2) is 15.8. The number of allylic oxidation sites excluding steroid dienone is 9. The van der Waals surface area contributed by atoms with Gasteiger partial charge in [0.25, 0.3) is 0 Å². The molecule has 0 aliphatic heterocycles. The third-order valence-corrected chi connectivity index (χ3v) is 7.51. The van der Waals surface area contributed by atoms with Crippen LogP contribution in [0.3, 0.4) is 0 Å². The summed E-state index contributed by atoms with van der Waals surface area (Å²) in [4.78, 5) is 49.0. The van der Waals surface area contributed by atoms with Crippen LogP contribution in [0.1, 0.15) is 86.5 Å². The van der Waals surface area contributed by atoms with Crippen molar-refractivity contribution in [3.8, 4) is 0 Å². The van der Waals surface area contributed by atoms with E-state index in [-0.39, 0.29) is 48.3 Å². The zero-order chi connectivity index (χ0) is 33.2. The molecule has 0 amide bonds. The maximum absolute atomic E-state index is 14.1. The van der Waals surface area contributed by atoms with Gasteiger partial charge in [0.05, 0.1) is 21.7 Å². The molecule has 0 bridgehead atoms. The highest BCUT2D eigenvalue weighted by Crippen LogP contribution is 2.47. The number of unbranched alkanes of at least 4 members (excludes halogenated alkanes) is 2. The van der Waals surface area contributed by atoms with E-state index in [0.29, 0.717) is 31.5 Å². The van der Waals surface area contributed by atoms with Gasteiger partial charge in [-0.2, -0.15) is 0 Å². The van der Waals surface area contributed by atoms with Gasteiger partial charge in [0.15, 0.2) is 11.6 Å². The minimum absolute atomic E-state index is 0.0159. The molecule has 1 aromatic rings. The number of carbonyl (C=O) groups excluding carboxylic acids is 2. The molecule has 0 unspecified atom stereocenters. The van der Waals surface area contributed by atoms with Crippen molar-refractivity contribution < 1.29 is 24.7 Å². The number of nitrogens with zero attached hydrogens (tertiary/aromatic N) is 2. The Morgan fingerprint density at radius 1 is 1.00 bits per heavy atom. The predicted octanol–water partition coefficient (Wildman–Crippen LogP) is 8.38. The first-order chi connectivity index (χ1) is 20.7. The number of anilines is 2. The molecule has 0 saturated heterocycles. The summed E-state index contributed by atoms with van der Waals surface area (Å²) in [5.74, 6) is -1.73. The number of aliphatic hydroxyl groups excluding tert-OH is 2. The molecule has 1 aromatic carbocycles. The SMILES string of the molecule is CC(C)=CCC1=C(O)C(CC=C(C)C)(CC=C(C)C)C(=O)C(C(=O)CCCCCNc2ccc([N+](=O)[O-])c(N=O)c2N)=C1O. The van der Waals surface area contributed by atoms with Crippen LogP contribution in [-0.2, 0) is 9.59 Å². The number of nitrogens with two attached hydrogens (primary N) is 1. The molecule has 1 aliphatic carbocycles. The Bertz CT molecular complexity index is 1430. The van der Waals surface area contributed by atoms with Crippen molar-refractivity contribution >= 4 is 34.3 Å². The summed E-state index contributed by atoms with van der Waals surface area (Å²) in [5.41, 5.74) is 6.58. The molecule has 44 heavy (non-hydrogen) atoms. The highest BCUT2D eigenvalue weighted by molar-refractivity contribution is 6.24. The minimum Gasteiger partial charge on any atom is -0.511 e. The van der Waals surface area contributed by atoms with Crippen LogP contribution in [-0.4, -0.2) is 33.2 Å². The number of carbonyl (C=O) groups is 2. The van der Waals surface area contributed by atoms with E-state index in [1.165, 1.54) is 6.07 Å². The highest BCUT2D eigenvalue weighted by Gasteiger charge is 2.49. The maximum atomic E-state index is 14.1. The summed E-state index contributed by atoms with van der Waals surface area (Å²) in [5, 5.41) is 39.5. The normalized spacial score (nSPS) is 14.2. The lowest BCUT2D eigenvalue weighted by molar-refractivity contribution is -0.384. The molecule has 238 valence electrons. The fraction of sp³-hybridized carbons (Fsp3) is 0.455. The van der Waals surface area contributed by atoms with Crippen LogP contribution >= 0.6 is 0 Å². The van der Waals surface area contributed by atoms with E-state index in [2.05, 4.69) is 10.5 Å². The zero-order valence-electron chi connectivity index (χ0n) is 26.5. The van der Waals surface area contributed by atoms with Crippen LogP contribution in [0.2, 0.25) is 0 Å². The largest absolute Gasteiger partial charge is 0.511 e. The number of hydrogen-bond donors (Lipinski definition) is 4. The number of hydrogen-bond acceptors (Lipinski definition) is 10. The van der Waals surface area contributed by atoms with Crippen molar-refractivity contribution in [2.24, 2.45) is 10.6 Å². The smallest absolute Gasteiger partial charge is 0.300 e. The number of nitro benzene ring substituents is 1. The molecule has 0 fully saturated rings. The van der Waals surface area contributed by atoms with Crippen molar-refractivity contribution in [1.82, 2.24) is 0 Å².